The molecule has 1 unspecified atom stereocenters. The Balaban J connectivity index is 1.86. The van der Waals surface area contributed by atoms with Crippen LogP contribution in [0.1, 0.15) is 38.1 Å². The molecule has 0 fully saturated rings. The fourth-order valence-electron chi connectivity index (χ4n) is 2.97. The summed E-state index contributed by atoms with van der Waals surface area (Å²) in [5.74, 6) is 0. The van der Waals surface area contributed by atoms with Crippen molar-refractivity contribution in [1.29, 1.82) is 0 Å². The van der Waals surface area contributed by atoms with E-state index in [2.05, 4.69) is 55.3 Å². The van der Waals surface area contributed by atoms with Crippen molar-refractivity contribution in [1.82, 2.24) is 14.7 Å². The maximum atomic E-state index is 12.2. The summed E-state index contributed by atoms with van der Waals surface area (Å²) in [6.07, 6.45) is 1.74. The number of aromatic nitrogens is 2. The van der Waals surface area contributed by atoms with E-state index in [9.17, 15) is 4.79 Å². The summed E-state index contributed by atoms with van der Waals surface area (Å²) >= 11 is 0. The molecule has 1 N–H and O–H groups in total. The van der Waals surface area contributed by atoms with Crippen LogP contribution in [0.4, 0.5) is 0 Å². The van der Waals surface area contributed by atoms with Crippen LogP contribution >= 0.6 is 0 Å². The molecule has 0 bridgehead atoms. The largest absolute Gasteiger partial charge is 0.304 e. The monoisotopic (exact) mass is 321 g/mol. The van der Waals surface area contributed by atoms with Crippen LogP contribution < -0.4 is 10.9 Å². The Morgan fingerprint density at radius 2 is 1.79 bits per heavy atom. The molecule has 0 saturated heterocycles. The molecule has 1 atom stereocenters. The summed E-state index contributed by atoms with van der Waals surface area (Å²) in [6.45, 7) is 7.18. The van der Waals surface area contributed by atoms with Crippen LogP contribution in [-0.2, 0) is 6.54 Å². The molecule has 0 spiro atoms. The lowest BCUT2D eigenvalue weighted by Crippen LogP contribution is -2.32. The predicted octanol–water partition coefficient (Wildman–Crippen LogP) is 3.57. The van der Waals surface area contributed by atoms with Crippen LogP contribution in [0.15, 0.2) is 65.6 Å². The standard InChI is InChI=1S/C20H23N3O/c1-20(2,3)19(15-9-5-4-6-10-15)21-14-16-13-18(24)23-12-8-7-11-17(23)22-16/h4-13,19,21H,14H2,1-3H3. The number of fused-ring (bicyclic) bond motifs is 1. The molecule has 3 rings (SSSR count). The van der Waals surface area contributed by atoms with E-state index in [0.717, 1.165) is 5.69 Å². The van der Waals surface area contributed by atoms with E-state index in [1.54, 1.807) is 16.7 Å². The third-order valence-electron chi connectivity index (χ3n) is 4.11. The van der Waals surface area contributed by atoms with E-state index in [1.807, 2.05) is 24.3 Å². The fraction of sp³-hybridized carbons (Fsp3) is 0.300. The molecular weight excluding hydrogens is 298 g/mol. The fourth-order valence-corrected chi connectivity index (χ4v) is 2.97. The normalized spacial score (nSPS) is 13.1. The molecule has 0 saturated carbocycles. The summed E-state index contributed by atoms with van der Waals surface area (Å²) in [5, 5.41) is 3.57. The second kappa shape index (κ2) is 6.57. The van der Waals surface area contributed by atoms with Gasteiger partial charge in [0.05, 0.1) is 5.69 Å². The Kier molecular flexibility index (Phi) is 4.49. The summed E-state index contributed by atoms with van der Waals surface area (Å²) < 4.78 is 1.56. The highest BCUT2D eigenvalue weighted by molar-refractivity contribution is 5.38. The van der Waals surface area contributed by atoms with E-state index in [1.165, 1.54) is 5.56 Å². The Morgan fingerprint density at radius 3 is 2.50 bits per heavy atom. The summed E-state index contributed by atoms with van der Waals surface area (Å²) in [5.41, 5.74) is 2.67. The lowest BCUT2D eigenvalue weighted by atomic mass is 9.82. The van der Waals surface area contributed by atoms with Crippen LogP contribution in [0.25, 0.3) is 5.65 Å². The number of hydrogen-bond donors (Lipinski definition) is 1. The topological polar surface area (TPSA) is 46.4 Å². The van der Waals surface area contributed by atoms with Crippen LogP contribution in [0.3, 0.4) is 0 Å². The number of pyridine rings is 1. The first-order valence-electron chi connectivity index (χ1n) is 8.21. The minimum atomic E-state index is -0.0515. The SMILES string of the molecule is CC(C)(C)C(NCc1cc(=O)n2ccccc2n1)c1ccccc1. The number of benzene rings is 1. The minimum absolute atomic E-state index is 0.0489. The van der Waals surface area contributed by atoms with Gasteiger partial charge in [-0.25, -0.2) is 4.98 Å². The van der Waals surface area contributed by atoms with E-state index in [-0.39, 0.29) is 17.0 Å². The van der Waals surface area contributed by atoms with Gasteiger partial charge in [0.2, 0.25) is 0 Å². The first-order valence-corrected chi connectivity index (χ1v) is 8.21. The molecule has 2 aromatic heterocycles. The van der Waals surface area contributed by atoms with E-state index in [4.69, 9.17) is 0 Å². The zero-order chi connectivity index (χ0) is 17.2. The minimum Gasteiger partial charge on any atom is -0.304 e. The van der Waals surface area contributed by atoms with Crippen molar-refractivity contribution in [2.24, 2.45) is 5.41 Å². The maximum absolute atomic E-state index is 12.2. The highest BCUT2D eigenvalue weighted by Gasteiger charge is 2.25. The van der Waals surface area contributed by atoms with Crippen molar-refractivity contribution >= 4 is 5.65 Å². The van der Waals surface area contributed by atoms with Gasteiger partial charge in [0, 0.05) is 24.8 Å². The molecule has 0 amide bonds. The highest BCUT2D eigenvalue weighted by Crippen LogP contribution is 2.32. The lowest BCUT2D eigenvalue weighted by molar-refractivity contribution is 0.270. The molecule has 0 aliphatic rings. The Morgan fingerprint density at radius 1 is 1.08 bits per heavy atom. The molecule has 3 aromatic rings. The number of rotatable bonds is 4. The quantitative estimate of drug-likeness (QED) is 0.799. The zero-order valence-corrected chi connectivity index (χ0v) is 14.4. The van der Waals surface area contributed by atoms with Gasteiger partial charge in [-0.15, -0.1) is 0 Å². The van der Waals surface area contributed by atoms with Crippen molar-refractivity contribution in [3.63, 3.8) is 0 Å². The van der Waals surface area contributed by atoms with Gasteiger partial charge in [-0.1, -0.05) is 57.2 Å². The number of nitrogens with zero attached hydrogens (tertiary/aromatic N) is 2. The van der Waals surface area contributed by atoms with Crippen LogP contribution in [0.5, 0.6) is 0 Å². The third-order valence-corrected chi connectivity index (χ3v) is 4.11. The van der Waals surface area contributed by atoms with Gasteiger partial charge < -0.3 is 5.32 Å². The molecule has 4 heteroatoms. The molecule has 24 heavy (non-hydrogen) atoms. The smallest absolute Gasteiger partial charge is 0.258 e. The van der Waals surface area contributed by atoms with E-state index in [0.29, 0.717) is 12.2 Å². The van der Waals surface area contributed by atoms with E-state index < -0.39 is 0 Å². The van der Waals surface area contributed by atoms with Crippen LogP contribution in [0.2, 0.25) is 0 Å². The Bertz CT molecular complexity index is 879. The molecule has 0 aliphatic heterocycles. The molecular formula is C20H23N3O. The molecule has 0 aliphatic carbocycles. The van der Waals surface area contributed by atoms with Gasteiger partial charge >= 0.3 is 0 Å². The summed E-state index contributed by atoms with van der Waals surface area (Å²) in [6, 6.07) is 17.7. The van der Waals surface area contributed by atoms with Crippen molar-refractivity contribution < 1.29 is 0 Å². The van der Waals surface area contributed by atoms with Crippen LogP contribution in [0, 0.1) is 5.41 Å². The van der Waals surface area contributed by atoms with Gasteiger partial charge in [-0.2, -0.15) is 0 Å². The third kappa shape index (κ3) is 3.54. The van der Waals surface area contributed by atoms with Crippen molar-refractivity contribution in [2.75, 3.05) is 0 Å². The molecule has 0 radical (unpaired) electrons. The molecule has 2 heterocycles. The second-order valence-corrected chi connectivity index (χ2v) is 7.11. The Labute approximate surface area is 142 Å². The molecule has 4 nitrogen and oxygen atoms in total. The van der Waals surface area contributed by atoms with E-state index >= 15 is 0 Å². The summed E-state index contributed by atoms with van der Waals surface area (Å²) in [4.78, 5) is 16.8. The molecule has 124 valence electrons. The Hall–Kier alpha value is -2.46. The van der Waals surface area contributed by atoms with Gasteiger partial charge in [-0.05, 0) is 23.1 Å². The lowest BCUT2D eigenvalue weighted by Gasteiger charge is -2.32. The van der Waals surface area contributed by atoms with Gasteiger partial charge in [-0.3, -0.25) is 9.20 Å². The van der Waals surface area contributed by atoms with Crippen molar-refractivity contribution in [3.8, 4) is 0 Å². The number of nitrogens with one attached hydrogen (secondary N) is 1. The predicted molar refractivity (Wildman–Crippen MR) is 96.9 cm³/mol. The number of hydrogen-bond acceptors (Lipinski definition) is 3. The van der Waals surface area contributed by atoms with Crippen LogP contribution in [-0.4, -0.2) is 9.38 Å². The van der Waals surface area contributed by atoms with Crippen molar-refractivity contribution in [2.45, 2.75) is 33.4 Å². The van der Waals surface area contributed by atoms with Gasteiger partial charge in [0.1, 0.15) is 5.65 Å². The summed E-state index contributed by atoms with van der Waals surface area (Å²) in [7, 11) is 0. The van der Waals surface area contributed by atoms with Crippen molar-refractivity contribution in [3.05, 3.63) is 82.4 Å². The van der Waals surface area contributed by atoms with Gasteiger partial charge in [0.25, 0.3) is 5.56 Å². The average molecular weight is 321 g/mol. The highest BCUT2D eigenvalue weighted by atomic mass is 16.1. The first kappa shape index (κ1) is 16.4. The first-order chi connectivity index (χ1) is 11.4. The second-order valence-electron chi connectivity index (χ2n) is 7.11. The van der Waals surface area contributed by atoms with Gasteiger partial charge in [0.15, 0.2) is 0 Å². The average Bonchev–Trinajstić information content (AvgIpc) is 2.55. The molecule has 1 aromatic carbocycles. The zero-order valence-electron chi connectivity index (χ0n) is 14.4. The maximum Gasteiger partial charge on any atom is 0.258 e.